The van der Waals surface area contributed by atoms with E-state index in [0.717, 1.165) is 22.1 Å². The Hall–Kier alpha value is -2.55. The third-order valence-electron chi connectivity index (χ3n) is 2.85. The van der Waals surface area contributed by atoms with Crippen LogP contribution in [0.15, 0.2) is 40.3 Å². The summed E-state index contributed by atoms with van der Waals surface area (Å²) in [6.45, 7) is 0. The van der Waals surface area contributed by atoms with Crippen molar-refractivity contribution in [1.29, 1.82) is 0 Å². The van der Waals surface area contributed by atoms with Crippen LogP contribution in [-0.2, 0) is 6.18 Å². The zero-order valence-corrected chi connectivity index (χ0v) is 11.6. The van der Waals surface area contributed by atoms with Gasteiger partial charge in [-0.05, 0) is 18.2 Å². The molecule has 1 amide bonds. The summed E-state index contributed by atoms with van der Waals surface area (Å²) in [5, 5.41) is 5.07. The molecule has 0 spiro atoms. The summed E-state index contributed by atoms with van der Waals surface area (Å²) in [5.41, 5.74) is 4.54. The molecule has 2 N–H and O–H groups in total. The minimum absolute atomic E-state index is 0.131. The van der Waals surface area contributed by atoms with E-state index in [0.29, 0.717) is 5.69 Å². The van der Waals surface area contributed by atoms with Crippen LogP contribution in [0.3, 0.4) is 0 Å². The number of hydrogen-bond acceptors (Lipinski definition) is 4. The summed E-state index contributed by atoms with van der Waals surface area (Å²) in [6, 6.07) is 5.35. The van der Waals surface area contributed by atoms with Gasteiger partial charge in [-0.1, -0.05) is 0 Å². The molecule has 0 radical (unpaired) electrons. The third-order valence-corrected chi connectivity index (χ3v) is 3.78. The van der Waals surface area contributed by atoms with Gasteiger partial charge in [-0.2, -0.15) is 18.3 Å². The number of furan rings is 1. The first kappa shape index (κ1) is 14.4. The van der Waals surface area contributed by atoms with E-state index in [2.05, 4.69) is 5.10 Å². The molecule has 0 unspecified atom stereocenters. The number of carbonyl (C=O) groups excluding carboxylic acids is 1. The van der Waals surface area contributed by atoms with Gasteiger partial charge in [0.15, 0.2) is 11.5 Å². The third kappa shape index (κ3) is 2.50. The van der Waals surface area contributed by atoms with Gasteiger partial charge in [-0.25, -0.2) is 4.68 Å². The van der Waals surface area contributed by atoms with E-state index in [4.69, 9.17) is 10.2 Å². The first-order chi connectivity index (χ1) is 10.4. The summed E-state index contributed by atoms with van der Waals surface area (Å²) < 4.78 is 44.9. The van der Waals surface area contributed by atoms with Crippen LogP contribution in [0.5, 0.6) is 0 Å². The molecule has 3 aromatic heterocycles. The molecule has 0 aliphatic carbocycles. The van der Waals surface area contributed by atoms with Gasteiger partial charge in [-0.15, -0.1) is 11.3 Å². The molecule has 114 valence electrons. The van der Waals surface area contributed by atoms with E-state index in [-0.39, 0.29) is 16.3 Å². The van der Waals surface area contributed by atoms with Gasteiger partial charge in [0.05, 0.1) is 16.8 Å². The van der Waals surface area contributed by atoms with Crippen LogP contribution in [-0.4, -0.2) is 15.7 Å². The summed E-state index contributed by atoms with van der Waals surface area (Å²) in [5.74, 6) is -0.422. The Bertz CT molecular complexity index is 818. The maximum Gasteiger partial charge on any atom is 0.435 e. The van der Waals surface area contributed by atoms with Gasteiger partial charge < -0.3 is 10.2 Å². The van der Waals surface area contributed by atoms with Crippen LogP contribution in [0.1, 0.15) is 15.4 Å². The van der Waals surface area contributed by atoms with Gasteiger partial charge in [0, 0.05) is 11.4 Å². The molecule has 0 aromatic carbocycles. The van der Waals surface area contributed by atoms with Crippen molar-refractivity contribution >= 4 is 17.2 Å². The first-order valence-corrected chi connectivity index (χ1v) is 6.84. The van der Waals surface area contributed by atoms with Crippen molar-refractivity contribution in [3.63, 3.8) is 0 Å². The van der Waals surface area contributed by atoms with Crippen LogP contribution in [0.4, 0.5) is 13.2 Å². The van der Waals surface area contributed by atoms with Crippen molar-refractivity contribution in [2.24, 2.45) is 5.73 Å². The Labute approximate surface area is 125 Å². The molecule has 0 bridgehead atoms. The van der Waals surface area contributed by atoms with E-state index in [1.807, 2.05) is 0 Å². The SMILES string of the molecule is NC(=O)c1cc(-n2nc(C(F)(F)F)cc2-c2ccco2)cs1. The zero-order valence-electron chi connectivity index (χ0n) is 10.8. The minimum atomic E-state index is -4.59. The number of nitrogens with zero attached hydrogens (tertiary/aromatic N) is 2. The summed E-state index contributed by atoms with van der Waals surface area (Å²) in [4.78, 5) is 11.4. The largest absolute Gasteiger partial charge is 0.463 e. The topological polar surface area (TPSA) is 74.1 Å². The number of hydrogen-bond donors (Lipinski definition) is 1. The molecule has 0 aliphatic heterocycles. The van der Waals surface area contributed by atoms with Crippen molar-refractivity contribution in [1.82, 2.24) is 9.78 Å². The van der Waals surface area contributed by atoms with E-state index < -0.39 is 17.8 Å². The fourth-order valence-corrected chi connectivity index (χ4v) is 2.60. The van der Waals surface area contributed by atoms with Gasteiger partial charge in [0.1, 0.15) is 5.69 Å². The van der Waals surface area contributed by atoms with Crippen molar-refractivity contribution in [3.8, 4) is 17.1 Å². The van der Waals surface area contributed by atoms with Crippen LogP contribution in [0.25, 0.3) is 17.1 Å². The fraction of sp³-hybridized carbons (Fsp3) is 0.0769. The second kappa shape index (κ2) is 5.02. The molecular formula is C13H8F3N3O2S. The van der Waals surface area contributed by atoms with Crippen molar-refractivity contribution in [2.75, 3.05) is 0 Å². The van der Waals surface area contributed by atoms with Crippen molar-refractivity contribution in [2.45, 2.75) is 6.18 Å². The highest BCUT2D eigenvalue weighted by atomic mass is 32.1. The number of thiophene rings is 1. The molecule has 0 atom stereocenters. The summed E-state index contributed by atoms with van der Waals surface area (Å²) in [7, 11) is 0. The molecule has 0 fully saturated rings. The van der Waals surface area contributed by atoms with Crippen molar-refractivity contribution in [3.05, 3.63) is 46.5 Å². The molecule has 0 saturated carbocycles. The fourth-order valence-electron chi connectivity index (χ4n) is 1.88. The van der Waals surface area contributed by atoms with Crippen LogP contribution < -0.4 is 5.73 Å². The molecular weight excluding hydrogens is 319 g/mol. The lowest BCUT2D eigenvalue weighted by Crippen LogP contribution is -2.09. The van der Waals surface area contributed by atoms with Crippen LogP contribution >= 0.6 is 11.3 Å². The molecule has 22 heavy (non-hydrogen) atoms. The second-order valence-corrected chi connectivity index (χ2v) is 5.25. The Morgan fingerprint density at radius 3 is 2.68 bits per heavy atom. The van der Waals surface area contributed by atoms with Crippen LogP contribution in [0, 0.1) is 0 Å². The Balaban J connectivity index is 2.16. The molecule has 3 rings (SSSR count). The smallest absolute Gasteiger partial charge is 0.435 e. The Kier molecular flexibility index (Phi) is 3.28. The van der Waals surface area contributed by atoms with E-state index in [9.17, 15) is 18.0 Å². The maximum atomic E-state index is 12.9. The summed E-state index contributed by atoms with van der Waals surface area (Å²) in [6.07, 6.45) is -3.24. The number of carbonyl (C=O) groups is 1. The normalized spacial score (nSPS) is 11.8. The van der Waals surface area contributed by atoms with E-state index >= 15 is 0 Å². The van der Waals surface area contributed by atoms with Crippen LogP contribution in [0.2, 0.25) is 0 Å². The zero-order chi connectivity index (χ0) is 15.9. The highest BCUT2D eigenvalue weighted by molar-refractivity contribution is 7.12. The number of aromatic nitrogens is 2. The average molecular weight is 327 g/mol. The monoisotopic (exact) mass is 327 g/mol. The van der Waals surface area contributed by atoms with Gasteiger partial charge in [-0.3, -0.25) is 4.79 Å². The molecule has 0 aliphatic rings. The Morgan fingerprint density at radius 1 is 1.36 bits per heavy atom. The lowest BCUT2D eigenvalue weighted by Gasteiger charge is -2.02. The van der Waals surface area contributed by atoms with E-state index in [1.54, 1.807) is 6.07 Å². The molecule has 0 saturated heterocycles. The molecule has 3 aromatic rings. The summed E-state index contributed by atoms with van der Waals surface area (Å²) >= 11 is 1.03. The van der Waals surface area contributed by atoms with Crippen molar-refractivity contribution < 1.29 is 22.4 Å². The van der Waals surface area contributed by atoms with Gasteiger partial charge in [0.2, 0.25) is 0 Å². The number of rotatable bonds is 3. The van der Waals surface area contributed by atoms with E-state index in [1.165, 1.54) is 23.8 Å². The van der Waals surface area contributed by atoms with Gasteiger partial charge in [0.25, 0.3) is 5.91 Å². The van der Waals surface area contributed by atoms with Gasteiger partial charge >= 0.3 is 6.18 Å². The lowest BCUT2D eigenvalue weighted by molar-refractivity contribution is -0.141. The molecule has 5 nitrogen and oxygen atoms in total. The number of amides is 1. The first-order valence-electron chi connectivity index (χ1n) is 5.96. The highest BCUT2D eigenvalue weighted by Crippen LogP contribution is 2.34. The second-order valence-electron chi connectivity index (χ2n) is 4.34. The minimum Gasteiger partial charge on any atom is -0.463 e. The predicted octanol–water partition coefficient (Wildman–Crippen LogP) is 3.31. The predicted molar refractivity (Wildman–Crippen MR) is 72.7 cm³/mol. The number of nitrogens with two attached hydrogens (primary N) is 1. The lowest BCUT2D eigenvalue weighted by atomic mass is 10.3. The number of halogens is 3. The number of alkyl halides is 3. The quantitative estimate of drug-likeness (QED) is 0.802. The maximum absolute atomic E-state index is 12.9. The number of primary amides is 1. The Morgan fingerprint density at radius 2 is 2.14 bits per heavy atom. The molecule has 9 heteroatoms. The average Bonchev–Trinajstić information content (AvgIpc) is 3.17. The molecule has 3 heterocycles. The highest BCUT2D eigenvalue weighted by Gasteiger charge is 2.35. The standard InChI is InChI=1S/C13H8F3N3O2S/c14-13(15,16)11-5-8(9-2-1-3-21-9)19(18-11)7-4-10(12(17)20)22-6-7/h1-6H,(H2,17,20).